The van der Waals surface area contributed by atoms with E-state index in [1.54, 1.807) is 6.20 Å². The van der Waals surface area contributed by atoms with Crippen LogP contribution < -0.4 is 5.32 Å². The standard InChI is InChI=1S/C12H16F2N2O/c13-12(14)4-3-8(5-12)10-6-16-11(17-10)7-15-9-1-2-9/h6,8-9,15H,1-5,7H2. The summed E-state index contributed by atoms with van der Waals surface area (Å²) in [4.78, 5) is 4.13. The van der Waals surface area contributed by atoms with Crippen LogP contribution in [0.5, 0.6) is 0 Å². The quantitative estimate of drug-likeness (QED) is 0.882. The van der Waals surface area contributed by atoms with E-state index in [0.29, 0.717) is 30.7 Å². The average molecular weight is 242 g/mol. The van der Waals surface area contributed by atoms with Gasteiger partial charge in [-0.25, -0.2) is 13.8 Å². The van der Waals surface area contributed by atoms with Crippen molar-refractivity contribution in [1.82, 2.24) is 10.3 Å². The second-order valence-electron chi connectivity index (χ2n) is 5.11. The van der Waals surface area contributed by atoms with Gasteiger partial charge in [-0.05, 0) is 19.3 Å². The van der Waals surface area contributed by atoms with Gasteiger partial charge in [-0.15, -0.1) is 0 Å². The average Bonchev–Trinajstić information content (AvgIpc) is 2.86. The lowest BCUT2D eigenvalue weighted by molar-refractivity contribution is 0.00717. The Morgan fingerprint density at radius 1 is 1.41 bits per heavy atom. The van der Waals surface area contributed by atoms with E-state index in [1.807, 2.05) is 0 Å². The number of aromatic nitrogens is 1. The molecule has 0 aromatic carbocycles. The molecular formula is C12H16F2N2O. The second kappa shape index (κ2) is 4.05. The molecule has 3 rings (SSSR count). The molecule has 0 aliphatic heterocycles. The molecule has 1 aromatic heterocycles. The lowest BCUT2D eigenvalue weighted by Crippen LogP contribution is -2.15. The number of nitrogens with zero attached hydrogens (tertiary/aromatic N) is 1. The van der Waals surface area contributed by atoms with Crippen LogP contribution in [0.25, 0.3) is 0 Å². The molecular weight excluding hydrogens is 226 g/mol. The summed E-state index contributed by atoms with van der Waals surface area (Å²) in [5.41, 5.74) is 0. The van der Waals surface area contributed by atoms with Crippen molar-refractivity contribution in [3.63, 3.8) is 0 Å². The van der Waals surface area contributed by atoms with Crippen LogP contribution in [0.2, 0.25) is 0 Å². The van der Waals surface area contributed by atoms with E-state index in [4.69, 9.17) is 4.42 Å². The molecule has 1 N–H and O–H groups in total. The maximum atomic E-state index is 13.1. The van der Waals surface area contributed by atoms with Crippen molar-refractivity contribution in [3.05, 3.63) is 17.8 Å². The van der Waals surface area contributed by atoms with Crippen LogP contribution in [0.15, 0.2) is 10.6 Å². The molecule has 0 saturated heterocycles. The Morgan fingerprint density at radius 3 is 2.88 bits per heavy atom. The van der Waals surface area contributed by atoms with Gasteiger partial charge >= 0.3 is 0 Å². The van der Waals surface area contributed by atoms with Crippen molar-refractivity contribution in [3.8, 4) is 0 Å². The number of alkyl halides is 2. The molecule has 2 saturated carbocycles. The Hall–Kier alpha value is -0.970. The van der Waals surface area contributed by atoms with Gasteiger partial charge in [-0.3, -0.25) is 0 Å². The topological polar surface area (TPSA) is 38.1 Å². The predicted molar refractivity (Wildman–Crippen MR) is 57.9 cm³/mol. The zero-order valence-corrected chi connectivity index (χ0v) is 9.59. The number of rotatable bonds is 4. The van der Waals surface area contributed by atoms with Crippen molar-refractivity contribution in [1.29, 1.82) is 0 Å². The summed E-state index contributed by atoms with van der Waals surface area (Å²) in [6.07, 6.45) is 4.39. The number of oxazole rings is 1. The van der Waals surface area contributed by atoms with Gasteiger partial charge in [0.2, 0.25) is 11.8 Å². The highest BCUT2D eigenvalue weighted by Gasteiger charge is 2.41. The molecule has 3 nitrogen and oxygen atoms in total. The van der Waals surface area contributed by atoms with Crippen LogP contribution in [0, 0.1) is 0 Å². The first-order valence-electron chi connectivity index (χ1n) is 6.18. The number of nitrogens with one attached hydrogen (secondary N) is 1. The number of hydrogen-bond donors (Lipinski definition) is 1. The zero-order valence-electron chi connectivity index (χ0n) is 9.59. The van der Waals surface area contributed by atoms with Crippen LogP contribution >= 0.6 is 0 Å². The van der Waals surface area contributed by atoms with Gasteiger partial charge in [-0.2, -0.15) is 0 Å². The highest BCUT2D eigenvalue weighted by atomic mass is 19.3. The summed E-state index contributed by atoms with van der Waals surface area (Å²) < 4.78 is 31.7. The van der Waals surface area contributed by atoms with E-state index >= 15 is 0 Å². The molecule has 1 aromatic rings. The minimum atomic E-state index is -2.52. The SMILES string of the molecule is FC1(F)CCC(c2cnc(CNC3CC3)o2)C1. The lowest BCUT2D eigenvalue weighted by atomic mass is 10.1. The summed E-state index contributed by atoms with van der Waals surface area (Å²) in [6, 6.07) is 0.598. The van der Waals surface area contributed by atoms with E-state index in [2.05, 4.69) is 10.3 Å². The number of halogens is 2. The van der Waals surface area contributed by atoms with Gasteiger partial charge in [0.15, 0.2) is 0 Å². The van der Waals surface area contributed by atoms with Gasteiger partial charge in [0, 0.05) is 24.8 Å². The van der Waals surface area contributed by atoms with Crippen LogP contribution in [0.3, 0.4) is 0 Å². The van der Waals surface area contributed by atoms with Crippen molar-refractivity contribution in [2.75, 3.05) is 0 Å². The summed E-state index contributed by atoms with van der Waals surface area (Å²) in [7, 11) is 0. The molecule has 5 heteroatoms. The third-order valence-corrected chi connectivity index (χ3v) is 3.50. The van der Waals surface area contributed by atoms with Crippen molar-refractivity contribution >= 4 is 0 Å². The minimum absolute atomic E-state index is 0.0337. The lowest BCUT2D eigenvalue weighted by Gasteiger charge is -2.07. The molecule has 2 aliphatic carbocycles. The zero-order chi connectivity index (χ0) is 11.9. The van der Waals surface area contributed by atoms with E-state index in [-0.39, 0.29) is 18.8 Å². The van der Waals surface area contributed by atoms with Crippen LogP contribution in [0.1, 0.15) is 49.7 Å². The fraction of sp³-hybridized carbons (Fsp3) is 0.750. The van der Waals surface area contributed by atoms with Gasteiger partial charge < -0.3 is 9.73 Å². The molecule has 1 heterocycles. The van der Waals surface area contributed by atoms with E-state index in [1.165, 1.54) is 12.8 Å². The third-order valence-electron chi connectivity index (χ3n) is 3.50. The van der Waals surface area contributed by atoms with E-state index in [9.17, 15) is 8.78 Å². The highest BCUT2D eigenvalue weighted by molar-refractivity contribution is 5.06. The molecule has 17 heavy (non-hydrogen) atoms. The Morgan fingerprint density at radius 2 is 2.24 bits per heavy atom. The van der Waals surface area contributed by atoms with Crippen LogP contribution in [-0.2, 0) is 6.54 Å². The predicted octanol–water partition coefficient (Wildman–Crippen LogP) is 2.83. The van der Waals surface area contributed by atoms with Gasteiger partial charge in [0.25, 0.3) is 0 Å². The largest absolute Gasteiger partial charge is 0.444 e. The van der Waals surface area contributed by atoms with E-state index in [0.717, 1.165) is 0 Å². The smallest absolute Gasteiger partial charge is 0.248 e. The van der Waals surface area contributed by atoms with Crippen molar-refractivity contribution < 1.29 is 13.2 Å². The molecule has 0 amide bonds. The molecule has 0 bridgehead atoms. The first kappa shape index (κ1) is 11.1. The maximum Gasteiger partial charge on any atom is 0.248 e. The van der Waals surface area contributed by atoms with Crippen molar-refractivity contribution in [2.24, 2.45) is 0 Å². The van der Waals surface area contributed by atoms with Gasteiger partial charge in [-0.1, -0.05) is 0 Å². The highest BCUT2D eigenvalue weighted by Crippen LogP contribution is 2.44. The Labute approximate surface area is 98.6 Å². The fourth-order valence-electron chi connectivity index (χ4n) is 2.31. The molecule has 1 atom stereocenters. The summed E-state index contributed by atoms with van der Waals surface area (Å²) >= 11 is 0. The fourth-order valence-corrected chi connectivity index (χ4v) is 2.31. The van der Waals surface area contributed by atoms with E-state index < -0.39 is 5.92 Å². The molecule has 1 unspecified atom stereocenters. The third kappa shape index (κ3) is 2.65. The molecule has 94 valence electrons. The molecule has 2 fully saturated rings. The summed E-state index contributed by atoms with van der Waals surface area (Å²) in [6.45, 7) is 0.605. The van der Waals surface area contributed by atoms with Gasteiger partial charge in [0.1, 0.15) is 5.76 Å². The summed E-state index contributed by atoms with van der Waals surface area (Å²) in [5, 5.41) is 3.29. The Kier molecular flexibility index (Phi) is 2.65. The monoisotopic (exact) mass is 242 g/mol. The molecule has 2 aliphatic rings. The van der Waals surface area contributed by atoms with Crippen molar-refractivity contribution in [2.45, 2.75) is 56.5 Å². The maximum absolute atomic E-state index is 13.1. The molecule has 0 spiro atoms. The number of hydrogen-bond acceptors (Lipinski definition) is 3. The Balaban J connectivity index is 1.59. The first-order chi connectivity index (χ1) is 8.12. The first-order valence-corrected chi connectivity index (χ1v) is 6.18. The summed E-state index contributed by atoms with van der Waals surface area (Å²) in [5.74, 6) is -1.45. The van der Waals surface area contributed by atoms with Gasteiger partial charge in [0.05, 0.1) is 12.7 Å². The second-order valence-corrected chi connectivity index (χ2v) is 5.11. The van der Waals surface area contributed by atoms with Crippen LogP contribution in [-0.4, -0.2) is 16.9 Å². The molecule has 0 radical (unpaired) electrons. The van der Waals surface area contributed by atoms with Crippen LogP contribution in [0.4, 0.5) is 8.78 Å². The minimum Gasteiger partial charge on any atom is -0.444 e. The normalized spacial score (nSPS) is 27.5. The Bertz CT molecular complexity index is 401.